The quantitative estimate of drug-likeness (QED) is 0.794. The van der Waals surface area contributed by atoms with E-state index in [4.69, 9.17) is 4.42 Å². The third kappa shape index (κ3) is 2.94. The minimum atomic E-state index is 0.408. The Morgan fingerprint density at radius 3 is 2.87 bits per heavy atom. The highest BCUT2D eigenvalue weighted by Crippen LogP contribution is 2.30. The van der Waals surface area contributed by atoms with Gasteiger partial charge in [-0.15, -0.1) is 0 Å². The summed E-state index contributed by atoms with van der Waals surface area (Å²) in [6, 6.07) is 13.1. The van der Waals surface area contributed by atoms with E-state index in [1.54, 1.807) is 0 Å². The number of furan rings is 1. The first-order valence-electron chi connectivity index (χ1n) is 8.21. The van der Waals surface area contributed by atoms with Crippen LogP contribution in [-0.2, 0) is 13.0 Å². The molecule has 1 aliphatic rings. The molecule has 3 aromatic rings. The van der Waals surface area contributed by atoms with Crippen molar-refractivity contribution in [1.29, 1.82) is 0 Å². The molecule has 0 bridgehead atoms. The molecule has 4 heteroatoms. The maximum Gasteiger partial charge on any atom is 0.108 e. The van der Waals surface area contributed by atoms with E-state index in [1.807, 2.05) is 30.1 Å². The predicted molar refractivity (Wildman–Crippen MR) is 89.5 cm³/mol. The molecule has 1 aromatic carbocycles. The van der Waals surface area contributed by atoms with E-state index in [0.29, 0.717) is 6.04 Å². The van der Waals surface area contributed by atoms with E-state index in [9.17, 15) is 0 Å². The van der Waals surface area contributed by atoms with Crippen LogP contribution in [0.2, 0.25) is 0 Å². The van der Waals surface area contributed by atoms with Gasteiger partial charge in [-0.1, -0.05) is 12.1 Å². The van der Waals surface area contributed by atoms with Crippen LogP contribution in [0.1, 0.15) is 41.5 Å². The number of aryl methyl sites for hydroxylation is 2. The summed E-state index contributed by atoms with van der Waals surface area (Å²) in [5.41, 5.74) is 4.74. The van der Waals surface area contributed by atoms with Crippen LogP contribution in [0.5, 0.6) is 0 Å². The predicted octanol–water partition coefficient (Wildman–Crippen LogP) is 3.94. The fraction of sp³-hybridized carbons (Fsp3) is 0.316. The summed E-state index contributed by atoms with van der Waals surface area (Å²) >= 11 is 0. The van der Waals surface area contributed by atoms with Gasteiger partial charge in [-0.2, -0.15) is 5.10 Å². The summed E-state index contributed by atoms with van der Waals surface area (Å²) in [5, 5.41) is 8.10. The second-order valence-corrected chi connectivity index (χ2v) is 6.19. The van der Waals surface area contributed by atoms with Crippen molar-refractivity contribution in [2.24, 2.45) is 0 Å². The molecular weight excluding hydrogens is 286 g/mol. The molecular formula is C19H21N3O. The highest BCUT2D eigenvalue weighted by Gasteiger charge is 2.21. The Bertz CT molecular complexity index is 785. The Balaban J connectivity index is 1.42. The van der Waals surface area contributed by atoms with Crippen molar-refractivity contribution in [2.45, 2.75) is 38.8 Å². The number of rotatable bonds is 4. The topological polar surface area (TPSA) is 43.0 Å². The molecule has 4 rings (SSSR count). The van der Waals surface area contributed by atoms with Crippen molar-refractivity contribution in [1.82, 2.24) is 15.1 Å². The van der Waals surface area contributed by atoms with Gasteiger partial charge < -0.3 is 9.73 Å². The molecule has 4 nitrogen and oxygen atoms in total. The van der Waals surface area contributed by atoms with Gasteiger partial charge in [-0.05, 0) is 49.6 Å². The first-order chi connectivity index (χ1) is 11.3. The van der Waals surface area contributed by atoms with Gasteiger partial charge in [0.15, 0.2) is 0 Å². The lowest BCUT2D eigenvalue weighted by Gasteiger charge is -2.23. The lowest BCUT2D eigenvalue weighted by Crippen LogP contribution is -2.24. The number of hydrogen-bond donors (Lipinski definition) is 1. The van der Waals surface area contributed by atoms with Crippen LogP contribution in [-0.4, -0.2) is 9.78 Å². The lowest BCUT2D eigenvalue weighted by molar-refractivity contribution is 0.411. The van der Waals surface area contributed by atoms with Crippen LogP contribution in [0, 0.1) is 6.92 Å². The normalized spacial score (nSPS) is 17.2. The van der Waals surface area contributed by atoms with E-state index < -0.39 is 0 Å². The minimum Gasteiger partial charge on any atom is -0.469 e. The Morgan fingerprint density at radius 1 is 1.22 bits per heavy atom. The van der Waals surface area contributed by atoms with Crippen molar-refractivity contribution in [3.63, 3.8) is 0 Å². The summed E-state index contributed by atoms with van der Waals surface area (Å²) < 4.78 is 7.46. The fourth-order valence-corrected chi connectivity index (χ4v) is 3.26. The molecule has 118 valence electrons. The molecule has 23 heavy (non-hydrogen) atoms. The van der Waals surface area contributed by atoms with Crippen molar-refractivity contribution >= 4 is 0 Å². The monoisotopic (exact) mass is 307 g/mol. The molecule has 1 unspecified atom stereocenters. The molecule has 1 atom stereocenters. The Labute approximate surface area is 136 Å². The lowest BCUT2D eigenvalue weighted by atomic mass is 9.93. The fourth-order valence-electron chi connectivity index (χ4n) is 3.26. The summed E-state index contributed by atoms with van der Waals surface area (Å²) in [4.78, 5) is 0. The average molecular weight is 307 g/mol. The zero-order valence-electron chi connectivity index (χ0n) is 13.3. The van der Waals surface area contributed by atoms with Crippen LogP contribution in [0.25, 0.3) is 5.69 Å². The molecule has 0 saturated carbocycles. The standard InChI is InChI=1S/C19H21N3O/c1-14-9-11-22(21-14)16-7-5-15(6-8-16)13-20-18-3-2-4-19-17(18)10-12-23-19/h5-12,18,20H,2-4,13H2,1H3. The molecule has 0 aliphatic heterocycles. The Hall–Kier alpha value is -2.33. The minimum absolute atomic E-state index is 0.408. The summed E-state index contributed by atoms with van der Waals surface area (Å²) in [6.45, 7) is 2.87. The molecule has 1 N–H and O–H groups in total. The Kier molecular flexibility index (Phi) is 3.75. The van der Waals surface area contributed by atoms with E-state index >= 15 is 0 Å². The molecule has 0 fully saturated rings. The van der Waals surface area contributed by atoms with Gasteiger partial charge in [-0.25, -0.2) is 4.68 Å². The highest BCUT2D eigenvalue weighted by molar-refractivity contribution is 5.34. The van der Waals surface area contributed by atoms with Crippen molar-refractivity contribution < 1.29 is 4.42 Å². The van der Waals surface area contributed by atoms with E-state index in [-0.39, 0.29) is 0 Å². The van der Waals surface area contributed by atoms with Gasteiger partial charge in [0.2, 0.25) is 0 Å². The smallest absolute Gasteiger partial charge is 0.108 e. The molecule has 0 amide bonds. The second kappa shape index (κ2) is 6.05. The van der Waals surface area contributed by atoms with Gasteiger partial charge in [0.05, 0.1) is 17.6 Å². The number of nitrogens with one attached hydrogen (secondary N) is 1. The average Bonchev–Trinajstić information content (AvgIpc) is 3.22. The molecule has 1 aliphatic carbocycles. The maximum absolute atomic E-state index is 5.56. The largest absolute Gasteiger partial charge is 0.469 e. The zero-order chi connectivity index (χ0) is 15.6. The van der Waals surface area contributed by atoms with Gasteiger partial charge in [0, 0.05) is 30.8 Å². The van der Waals surface area contributed by atoms with E-state index in [1.165, 1.54) is 24.0 Å². The summed E-state index contributed by atoms with van der Waals surface area (Å²) in [5.74, 6) is 1.15. The van der Waals surface area contributed by atoms with Gasteiger partial charge in [-0.3, -0.25) is 0 Å². The van der Waals surface area contributed by atoms with E-state index in [0.717, 1.165) is 30.1 Å². The van der Waals surface area contributed by atoms with Gasteiger partial charge >= 0.3 is 0 Å². The van der Waals surface area contributed by atoms with Crippen LogP contribution in [0.4, 0.5) is 0 Å². The van der Waals surface area contributed by atoms with Crippen LogP contribution in [0.15, 0.2) is 53.3 Å². The zero-order valence-corrected chi connectivity index (χ0v) is 13.3. The maximum atomic E-state index is 5.56. The molecule has 2 heterocycles. The van der Waals surface area contributed by atoms with E-state index in [2.05, 4.69) is 40.7 Å². The number of fused-ring (bicyclic) bond motifs is 1. The summed E-state index contributed by atoms with van der Waals surface area (Å²) in [7, 11) is 0. The molecule has 0 spiro atoms. The SMILES string of the molecule is Cc1ccn(-c2ccc(CNC3CCCc4occc43)cc2)n1. The third-order valence-corrected chi connectivity index (χ3v) is 4.53. The number of aromatic nitrogens is 2. The van der Waals surface area contributed by atoms with Crippen molar-refractivity contribution in [3.8, 4) is 5.69 Å². The van der Waals surface area contributed by atoms with Gasteiger partial charge in [0.1, 0.15) is 5.76 Å². The van der Waals surface area contributed by atoms with Crippen molar-refractivity contribution in [3.05, 3.63) is 71.4 Å². The Morgan fingerprint density at radius 2 is 2.09 bits per heavy atom. The molecule has 0 saturated heterocycles. The number of hydrogen-bond acceptors (Lipinski definition) is 3. The third-order valence-electron chi connectivity index (χ3n) is 4.53. The summed E-state index contributed by atoms with van der Waals surface area (Å²) in [6.07, 6.45) is 7.24. The first-order valence-corrected chi connectivity index (χ1v) is 8.21. The highest BCUT2D eigenvalue weighted by atomic mass is 16.3. The molecule has 0 radical (unpaired) electrons. The van der Waals surface area contributed by atoms with Crippen LogP contribution in [0.3, 0.4) is 0 Å². The second-order valence-electron chi connectivity index (χ2n) is 6.19. The van der Waals surface area contributed by atoms with Crippen LogP contribution < -0.4 is 5.32 Å². The molecule has 2 aromatic heterocycles. The number of nitrogens with zero attached hydrogens (tertiary/aromatic N) is 2. The van der Waals surface area contributed by atoms with Crippen LogP contribution >= 0.6 is 0 Å². The van der Waals surface area contributed by atoms with Gasteiger partial charge in [0.25, 0.3) is 0 Å². The first kappa shape index (κ1) is 14.3. The van der Waals surface area contributed by atoms with Crippen molar-refractivity contribution in [2.75, 3.05) is 0 Å². The number of benzene rings is 1.